The van der Waals surface area contributed by atoms with Crippen LogP contribution in [0.4, 0.5) is 4.39 Å². The molecule has 2 aromatic rings. The second-order valence-electron chi connectivity index (χ2n) is 4.80. The Bertz CT molecular complexity index is 665. The Labute approximate surface area is 115 Å². The molecule has 1 aromatic carbocycles. The van der Waals surface area contributed by atoms with Gasteiger partial charge in [-0.25, -0.2) is 4.39 Å². The number of fused-ring (bicyclic) bond motifs is 1. The molecule has 1 amide bonds. The number of nitrogens with one attached hydrogen (secondary N) is 1. The van der Waals surface area contributed by atoms with E-state index >= 15 is 0 Å². The van der Waals surface area contributed by atoms with Crippen LogP contribution in [0.15, 0.2) is 24.3 Å². The van der Waals surface area contributed by atoms with E-state index in [0.29, 0.717) is 17.8 Å². The van der Waals surface area contributed by atoms with Crippen molar-refractivity contribution in [2.75, 3.05) is 6.54 Å². The van der Waals surface area contributed by atoms with Crippen LogP contribution in [0.25, 0.3) is 11.3 Å². The van der Waals surface area contributed by atoms with Crippen molar-refractivity contribution in [3.63, 3.8) is 0 Å². The zero-order valence-electron chi connectivity index (χ0n) is 10.9. The molecule has 0 unspecified atom stereocenters. The van der Waals surface area contributed by atoms with Crippen molar-refractivity contribution < 1.29 is 9.18 Å². The molecule has 3 N–H and O–H groups in total. The third kappa shape index (κ3) is 2.18. The lowest BCUT2D eigenvalue weighted by molar-refractivity contribution is -0.118. The van der Waals surface area contributed by atoms with Crippen molar-refractivity contribution in [1.29, 1.82) is 0 Å². The zero-order chi connectivity index (χ0) is 14.1. The molecule has 1 aliphatic heterocycles. The summed E-state index contributed by atoms with van der Waals surface area (Å²) >= 11 is 0. The first-order valence-electron chi connectivity index (χ1n) is 6.49. The maximum Gasteiger partial charge on any atom is 0.239 e. The van der Waals surface area contributed by atoms with Crippen molar-refractivity contribution in [3.8, 4) is 11.3 Å². The summed E-state index contributed by atoms with van der Waals surface area (Å²) in [5, 5.41) is 7.64. The molecule has 104 valence electrons. The lowest BCUT2D eigenvalue weighted by Gasteiger charge is -2.15. The number of rotatable bonds is 3. The summed E-state index contributed by atoms with van der Waals surface area (Å²) in [5.41, 5.74) is 8.20. The van der Waals surface area contributed by atoms with Gasteiger partial charge >= 0.3 is 0 Å². The Hall–Kier alpha value is -2.21. The number of aromatic nitrogens is 2. The molecule has 0 saturated heterocycles. The number of carbonyl (C=O) groups excluding carboxylic acids is 1. The molecule has 0 atom stereocenters. The van der Waals surface area contributed by atoms with E-state index in [0.717, 1.165) is 24.2 Å². The van der Waals surface area contributed by atoms with Crippen LogP contribution in [0, 0.1) is 5.82 Å². The van der Waals surface area contributed by atoms with Gasteiger partial charge in [-0.2, -0.15) is 5.10 Å². The summed E-state index contributed by atoms with van der Waals surface area (Å²) in [4.78, 5) is 11.1. The fourth-order valence-electron chi connectivity index (χ4n) is 2.57. The van der Waals surface area contributed by atoms with Gasteiger partial charge in [-0.3, -0.25) is 9.48 Å². The number of nitrogens with zero attached hydrogens (tertiary/aromatic N) is 2. The van der Waals surface area contributed by atoms with E-state index in [-0.39, 0.29) is 12.4 Å². The third-order valence-electron chi connectivity index (χ3n) is 3.44. The number of hydrogen-bond donors (Lipinski definition) is 2. The van der Waals surface area contributed by atoms with Gasteiger partial charge in [-0.1, -0.05) is 12.1 Å². The highest BCUT2D eigenvalue weighted by atomic mass is 19.1. The highest BCUT2D eigenvalue weighted by Gasteiger charge is 2.23. The highest BCUT2D eigenvalue weighted by Crippen LogP contribution is 2.29. The molecule has 0 bridgehead atoms. The Morgan fingerprint density at radius 3 is 3.00 bits per heavy atom. The summed E-state index contributed by atoms with van der Waals surface area (Å²) in [6.45, 7) is 1.46. The highest BCUT2D eigenvalue weighted by molar-refractivity contribution is 5.74. The Kier molecular flexibility index (Phi) is 3.23. The van der Waals surface area contributed by atoms with Crippen LogP contribution in [-0.4, -0.2) is 22.2 Å². The zero-order valence-corrected chi connectivity index (χ0v) is 10.9. The van der Waals surface area contributed by atoms with Gasteiger partial charge in [0.15, 0.2) is 0 Å². The van der Waals surface area contributed by atoms with Crippen molar-refractivity contribution in [2.45, 2.75) is 19.5 Å². The second kappa shape index (κ2) is 5.05. The van der Waals surface area contributed by atoms with Crippen LogP contribution in [0.5, 0.6) is 0 Å². The lowest BCUT2D eigenvalue weighted by atomic mass is 10.0. The first kappa shape index (κ1) is 12.8. The average Bonchev–Trinajstić information content (AvgIpc) is 2.78. The number of amides is 1. The van der Waals surface area contributed by atoms with E-state index < -0.39 is 5.91 Å². The fraction of sp³-hybridized carbons (Fsp3) is 0.286. The van der Waals surface area contributed by atoms with Crippen LogP contribution in [0.3, 0.4) is 0 Å². The van der Waals surface area contributed by atoms with E-state index in [9.17, 15) is 9.18 Å². The molecule has 2 heterocycles. The van der Waals surface area contributed by atoms with Gasteiger partial charge in [0, 0.05) is 36.3 Å². The number of carbonyl (C=O) groups is 1. The summed E-state index contributed by atoms with van der Waals surface area (Å²) in [6.07, 6.45) is 0.754. The maximum absolute atomic E-state index is 14.0. The van der Waals surface area contributed by atoms with Gasteiger partial charge in [0.2, 0.25) is 5.91 Å². The predicted octanol–water partition coefficient (Wildman–Crippen LogP) is 0.820. The minimum Gasteiger partial charge on any atom is -0.368 e. The number of primary amides is 1. The number of halogens is 1. The molecule has 20 heavy (non-hydrogen) atoms. The van der Waals surface area contributed by atoms with Crippen molar-refractivity contribution in [1.82, 2.24) is 15.1 Å². The number of hydrogen-bond acceptors (Lipinski definition) is 3. The molecule has 0 saturated carbocycles. The summed E-state index contributed by atoms with van der Waals surface area (Å²) in [5.74, 6) is -0.765. The molecule has 0 spiro atoms. The van der Waals surface area contributed by atoms with E-state index in [4.69, 9.17) is 5.73 Å². The van der Waals surface area contributed by atoms with E-state index in [1.54, 1.807) is 22.9 Å². The van der Waals surface area contributed by atoms with Gasteiger partial charge in [0.25, 0.3) is 0 Å². The molecular formula is C14H15FN4O. The molecule has 1 aromatic heterocycles. The predicted molar refractivity (Wildman–Crippen MR) is 72.2 cm³/mol. The maximum atomic E-state index is 14.0. The number of nitrogens with two attached hydrogens (primary N) is 1. The minimum atomic E-state index is -0.450. The first-order valence-corrected chi connectivity index (χ1v) is 6.49. The number of benzene rings is 1. The summed E-state index contributed by atoms with van der Waals surface area (Å²) in [6, 6.07) is 6.52. The molecule has 6 heteroatoms. The quantitative estimate of drug-likeness (QED) is 0.870. The smallest absolute Gasteiger partial charge is 0.239 e. The van der Waals surface area contributed by atoms with Gasteiger partial charge in [0.1, 0.15) is 18.1 Å². The summed E-state index contributed by atoms with van der Waals surface area (Å²) < 4.78 is 15.6. The molecule has 5 nitrogen and oxygen atoms in total. The van der Waals surface area contributed by atoms with Gasteiger partial charge in [-0.15, -0.1) is 0 Å². The molecule has 1 aliphatic rings. The molecule has 3 rings (SSSR count). The first-order chi connectivity index (χ1) is 9.66. The van der Waals surface area contributed by atoms with Gasteiger partial charge < -0.3 is 11.1 Å². The van der Waals surface area contributed by atoms with Crippen molar-refractivity contribution in [2.24, 2.45) is 5.73 Å². The summed E-state index contributed by atoms with van der Waals surface area (Å²) in [7, 11) is 0. The van der Waals surface area contributed by atoms with Crippen LogP contribution in [0.1, 0.15) is 11.3 Å². The normalized spacial score (nSPS) is 14.1. The Balaban J connectivity index is 2.14. The SMILES string of the molecule is NC(=O)Cn1nc(-c2ccccc2F)c2c1CCNC2. The molecule has 0 fully saturated rings. The van der Waals surface area contributed by atoms with E-state index in [2.05, 4.69) is 10.4 Å². The van der Waals surface area contributed by atoms with Crippen molar-refractivity contribution in [3.05, 3.63) is 41.3 Å². The fourth-order valence-corrected chi connectivity index (χ4v) is 2.57. The molecular weight excluding hydrogens is 259 g/mol. The Morgan fingerprint density at radius 1 is 1.45 bits per heavy atom. The van der Waals surface area contributed by atoms with Crippen LogP contribution in [0.2, 0.25) is 0 Å². The third-order valence-corrected chi connectivity index (χ3v) is 3.44. The topological polar surface area (TPSA) is 72.9 Å². The Morgan fingerprint density at radius 2 is 2.25 bits per heavy atom. The molecule has 0 aliphatic carbocycles. The van der Waals surface area contributed by atoms with E-state index in [1.165, 1.54) is 6.07 Å². The van der Waals surface area contributed by atoms with Crippen LogP contribution in [-0.2, 0) is 24.3 Å². The molecule has 0 radical (unpaired) electrons. The largest absolute Gasteiger partial charge is 0.368 e. The van der Waals surface area contributed by atoms with E-state index in [1.807, 2.05) is 0 Å². The standard InChI is InChI=1S/C14H15FN4O/c15-11-4-2-1-3-9(11)14-10-7-17-6-5-12(10)19(18-14)8-13(16)20/h1-4,17H,5-8H2,(H2,16,20). The minimum absolute atomic E-state index is 0.0246. The van der Waals surface area contributed by atoms with Crippen LogP contribution < -0.4 is 11.1 Å². The second-order valence-corrected chi connectivity index (χ2v) is 4.80. The van der Waals surface area contributed by atoms with Gasteiger partial charge in [-0.05, 0) is 12.1 Å². The van der Waals surface area contributed by atoms with Crippen LogP contribution >= 0.6 is 0 Å². The van der Waals surface area contributed by atoms with Gasteiger partial charge in [0.05, 0.1) is 0 Å². The monoisotopic (exact) mass is 274 g/mol. The lowest BCUT2D eigenvalue weighted by Crippen LogP contribution is -2.27. The average molecular weight is 274 g/mol. The van der Waals surface area contributed by atoms with Crippen molar-refractivity contribution >= 4 is 5.91 Å².